The van der Waals surface area contributed by atoms with E-state index in [-0.39, 0.29) is 5.69 Å². The molecule has 1 fully saturated rings. The first-order chi connectivity index (χ1) is 9.65. The number of nitrogens with zero attached hydrogens (tertiary/aromatic N) is 2. The van der Waals surface area contributed by atoms with Crippen LogP contribution in [0.5, 0.6) is 0 Å². The number of hydrazine groups is 1. The van der Waals surface area contributed by atoms with Gasteiger partial charge in [0.2, 0.25) is 0 Å². The number of amides is 1. The van der Waals surface area contributed by atoms with Gasteiger partial charge in [-0.1, -0.05) is 5.16 Å². The Kier molecular flexibility index (Phi) is 5.11. The number of methoxy groups -OCH3 is 1. The zero-order valence-corrected chi connectivity index (χ0v) is 12.0. The maximum Gasteiger partial charge on any atom is 0.287 e. The van der Waals surface area contributed by atoms with Crippen molar-refractivity contribution in [1.82, 2.24) is 15.5 Å². The van der Waals surface area contributed by atoms with Crippen molar-refractivity contribution >= 4 is 5.91 Å². The van der Waals surface area contributed by atoms with Gasteiger partial charge in [-0.2, -0.15) is 0 Å². The number of nitrogen functional groups attached to an aromatic ring is 1. The molecule has 0 aliphatic heterocycles. The van der Waals surface area contributed by atoms with E-state index in [9.17, 15) is 4.79 Å². The first kappa shape index (κ1) is 15.0. The van der Waals surface area contributed by atoms with E-state index in [4.69, 9.17) is 15.1 Å². The smallest absolute Gasteiger partial charge is 0.287 e. The topological polar surface area (TPSA) is 93.6 Å². The van der Waals surface area contributed by atoms with E-state index < -0.39 is 5.91 Å². The summed E-state index contributed by atoms with van der Waals surface area (Å²) >= 11 is 0. The lowest BCUT2D eigenvalue weighted by Gasteiger charge is -2.27. The molecule has 1 atom stereocenters. The number of nitrogens with one attached hydrogen (secondary N) is 1. The third-order valence-electron chi connectivity index (χ3n) is 3.74. The predicted molar refractivity (Wildman–Crippen MR) is 72.6 cm³/mol. The molecule has 0 saturated heterocycles. The SMILES string of the molecule is COCCN(Cc1cc(C(=O)NN)no1)C(C)C1CC1. The molecule has 1 heterocycles. The highest BCUT2D eigenvalue weighted by Gasteiger charge is 2.32. The molecule has 0 spiro atoms. The van der Waals surface area contributed by atoms with Crippen LogP contribution in [0.25, 0.3) is 0 Å². The molecule has 3 N–H and O–H groups in total. The molecule has 7 nitrogen and oxygen atoms in total. The number of carbonyl (C=O) groups is 1. The van der Waals surface area contributed by atoms with Crippen molar-refractivity contribution < 1.29 is 14.1 Å². The zero-order valence-electron chi connectivity index (χ0n) is 12.0. The van der Waals surface area contributed by atoms with Crippen LogP contribution in [0, 0.1) is 5.92 Å². The van der Waals surface area contributed by atoms with Gasteiger partial charge in [-0.15, -0.1) is 0 Å². The lowest BCUT2D eigenvalue weighted by Crippen LogP contribution is -2.36. The van der Waals surface area contributed by atoms with Gasteiger partial charge in [0.15, 0.2) is 11.5 Å². The summed E-state index contributed by atoms with van der Waals surface area (Å²) in [5.41, 5.74) is 2.24. The fourth-order valence-corrected chi connectivity index (χ4v) is 2.28. The summed E-state index contributed by atoms with van der Waals surface area (Å²) in [7, 11) is 1.69. The third kappa shape index (κ3) is 3.78. The lowest BCUT2D eigenvalue weighted by molar-refractivity contribution is 0.0943. The van der Waals surface area contributed by atoms with Crippen molar-refractivity contribution in [2.45, 2.75) is 32.4 Å². The number of ether oxygens (including phenoxy) is 1. The second-order valence-corrected chi connectivity index (χ2v) is 5.19. The van der Waals surface area contributed by atoms with Crippen LogP contribution in [0.1, 0.15) is 36.0 Å². The largest absolute Gasteiger partial charge is 0.383 e. The highest BCUT2D eigenvalue weighted by molar-refractivity contribution is 5.91. The molecule has 1 saturated carbocycles. The normalized spacial score (nSPS) is 16.4. The van der Waals surface area contributed by atoms with Gasteiger partial charge in [0.25, 0.3) is 5.91 Å². The van der Waals surface area contributed by atoms with E-state index in [1.165, 1.54) is 12.8 Å². The second kappa shape index (κ2) is 6.83. The fourth-order valence-electron chi connectivity index (χ4n) is 2.28. The Labute approximate surface area is 118 Å². The maximum absolute atomic E-state index is 11.3. The van der Waals surface area contributed by atoms with Crippen molar-refractivity contribution in [3.8, 4) is 0 Å². The van der Waals surface area contributed by atoms with Gasteiger partial charge in [0.05, 0.1) is 13.2 Å². The van der Waals surface area contributed by atoms with E-state index in [1.54, 1.807) is 13.2 Å². The average molecular weight is 282 g/mol. The molecule has 112 valence electrons. The molecular weight excluding hydrogens is 260 g/mol. The number of carbonyl (C=O) groups excluding carboxylic acids is 1. The Morgan fingerprint density at radius 3 is 3.05 bits per heavy atom. The van der Waals surface area contributed by atoms with E-state index in [1.807, 2.05) is 5.43 Å². The quantitative estimate of drug-likeness (QED) is 0.410. The van der Waals surface area contributed by atoms with Crippen LogP contribution in [0.2, 0.25) is 0 Å². The molecule has 1 aromatic heterocycles. The summed E-state index contributed by atoms with van der Waals surface area (Å²) in [5, 5.41) is 3.72. The van der Waals surface area contributed by atoms with Gasteiger partial charge in [-0.05, 0) is 25.7 Å². The molecule has 0 aromatic carbocycles. The van der Waals surface area contributed by atoms with Crippen molar-refractivity contribution in [2.75, 3.05) is 20.3 Å². The minimum atomic E-state index is -0.446. The van der Waals surface area contributed by atoms with Crippen molar-refractivity contribution in [1.29, 1.82) is 0 Å². The maximum atomic E-state index is 11.3. The highest BCUT2D eigenvalue weighted by atomic mass is 16.5. The Bertz CT molecular complexity index is 445. The first-order valence-electron chi connectivity index (χ1n) is 6.85. The van der Waals surface area contributed by atoms with Crippen LogP contribution in [0.3, 0.4) is 0 Å². The molecular formula is C13H22N4O3. The van der Waals surface area contributed by atoms with E-state index in [0.29, 0.717) is 25.0 Å². The van der Waals surface area contributed by atoms with Gasteiger partial charge in [-0.25, -0.2) is 5.84 Å². The fraction of sp³-hybridized carbons (Fsp3) is 0.692. The van der Waals surface area contributed by atoms with Crippen LogP contribution in [-0.4, -0.2) is 42.3 Å². The molecule has 0 radical (unpaired) electrons. The van der Waals surface area contributed by atoms with E-state index in [2.05, 4.69) is 17.0 Å². The summed E-state index contributed by atoms with van der Waals surface area (Å²) in [4.78, 5) is 13.6. The lowest BCUT2D eigenvalue weighted by atomic mass is 10.1. The van der Waals surface area contributed by atoms with Crippen molar-refractivity contribution in [3.05, 3.63) is 17.5 Å². The second-order valence-electron chi connectivity index (χ2n) is 5.19. The average Bonchev–Trinajstić information content (AvgIpc) is 3.21. The minimum Gasteiger partial charge on any atom is -0.383 e. The summed E-state index contributed by atoms with van der Waals surface area (Å²) in [6.45, 7) is 4.33. The van der Waals surface area contributed by atoms with Gasteiger partial charge >= 0.3 is 0 Å². The Morgan fingerprint density at radius 1 is 1.70 bits per heavy atom. The zero-order chi connectivity index (χ0) is 14.5. The molecule has 7 heteroatoms. The summed E-state index contributed by atoms with van der Waals surface area (Å²) in [5.74, 6) is 6.03. The molecule has 1 amide bonds. The molecule has 1 aliphatic rings. The molecule has 2 rings (SSSR count). The molecule has 20 heavy (non-hydrogen) atoms. The predicted octanol–water partition coefficient (Wildman–Crippen LogP) is 0.525. The first-order valence-corrected chi connectivity index (χ1v) is 6.85. The number of rotatable bonds is 8. The Balaban J connectivity index is 1.98. The molecule has 1 unspecified atom stereocenters. The number of hydrogen-bond acceptors (Lipinski definition) is 6. The monoisotopic (exact) mass is 282 g/mol. The Morgan fingerprint density at radius 2 is 2.45 bits per heavy atom. The molecule has 0 bridgehead atoms. The third-order valence-corrected chi connectivity index (χ3v) is 3.74. The van der Waals surface area contributed by atoms with E-state index >= 15 is 0 Å². The molecule has 1 aromatic rings. The van der Waals surface area contributed by atoms with Crippen LogP contribution >= 0.6 is 0 Å². The van der Waals surface area contributed by atoms with Crippen molar-refractivity contribution in [2.24, 2.45) is 11.8 Å². The number of nitrogens with two attached hydrogens (primary N) is 1. The van der Waals surface area contributed by atoms with Crippen LogP contribution in [-0.2, 0) is 11.3 Å². The van der Waals surface area contributed by atoms with Gasteiger partial charge in [0.1, 0.15) is 0 Å². The minimum absolute atomic E-state index is 0.202. The summed E-state index contributed by atoms with van der Waals surface area (Å²) in [6, 6.07) is 2.10. The van der Waals surface area contributed by atoms with Crippen LogP contribution in [0.15, 0.2) is 10.6 Å². The van der Waals surface area contributed by atoms with Crippen LogP contribution < -0.4 is 11.3 Å². The Hall–Kier alpha value is -1.44. The number of aromatic nitrogens is 1. The number of hydrogen-bond donors (Lipinski definition) is 2. The standard InChI is InChI=1S/C13H22N4O3/c1-9(10-3-4-10)17(5-6-19-2)8-11-7-12(16-20-11)13(18)15-14/h7,9-10H,3-6,8,14H2,1-2H3,(H,15,18). The van der Waals surface area contributed by atoms with E-state index in [0.717, 1.165) is 12.5 Å². The van der Waals surface area contributed by atoms with Gasteiger partial charge in [-0.3, -0.25) is 15.1 Å². The van der Waals surface area contributed by atoms with Gasteiger partial charge < -0.3 is 9.26 Å². The summed E-state index contributed by atoms with van der Waals surface area (Å²) in [6.07, 6.45) is 2.56. The highest BCUT2D eigenvalue weighted by Crippen LogP contribution is 2.35. The van der Waals surface area contributed by atoms with Gasteiger partial charge in [0, 0.05) is 25.8 Å². The molecule has 1 aliphatic carbocycles. The van der Waals surface area contributed by atoms with Crippen molar-refractivity contribution in [3.63, 3.8) is 0 Å². The van der Waals surface area contributed by atoms with Crippen LogP contribution in [0.4, 0.5) is 0 Å². The summed E-state index contributed by atoms with van der Waals surface area (Å²) < 4.78 is 10.4.